The molecule has 2 unspecified atom stereocenters. The topological polar surface area (TPSA) is 41.7 Å². The van der Waals surface area contributed by atoms with E-state index in [-0.39, 0.29) is 0 Å². The largest absolute Gasteiger partial charge is 0.303 e. The Bertz CT molecular complexity index is 780. The number of pyridine rings is 1. The van der Waals surface area contributed by atoms with Crippen LogP contribution in [0.2, 0.25) is 0 Å². The maximum atomic E-state index is 4.11. The molecule has 24 heavy (non-hydrogen) atoms. The van der Waals surface area contributed by atoms with E-state index >= 15 is 0 Å². The lowest BCUT2D eigenvalue weighted by molar-refractivity contribution is 0.557. The molecule has 2 atom stereocenters. The number of hydrogen-bond donors (Lipinski definition) is 1. The fourth-order valence-electron chi connectivity index (χ4n) is 3.25. The van der Waals surface area contributed by atoms with Crippen LogP contribution in [0.25, 0.3) is 5.52 Å². The van der Waals surface area contributed by atoms with Crippen molar-refractivity contribution < 1.29 is 0 Å². The molecule has 4 nitrogen and oxygen atoms in total. The lowest BCUT2D eigenvalue weighted by Gasteiger charge is -2.23. The number of hydrazone groups is 1. The average molecular weight is 322 g/mol. The van der Waals surface area contributed by atoms with Crippen LogP contribution in [0.1, 0.15) is 39.3 Å². The van der Waals surface area contributed by atoms with Gasteiger partial charge in [0.2, 0.25) is 0 Å². The highest BCUT2D eigenvalue weighted by atomic mass is 15.3. The lowest BCUT2D eigenvalue weighted by Crippen LogP contribution is -2.29. The van der Waals surface area contributed by atoms with Gasteiger partial charge in [-0.15, -0.1) is 0 Å². The fourth-order valence-corrected chi connectivity index (χ4v) is 3.25. The second-order valence-corrected chi connectivity index (χ2v) is 6.96. The molecule has 3 heterocycles. The standard InChI is InChI=1S/C10H12N2.C10H14N2/c1-8(2)10-5-3-4-9-6-11-7-12(9)10;1-7(2)8-4-3-5-10-9(8)6-11-12-10/h3-8H,1-2H3;3-7,9-10,12H,1-2H3. The minimum atomic E-state index is 0.410. The molecule has 1 aliphatic carbocycles. The zero-order chi connectivity index (χ0) is 17.1. The van der Waals surface area contributed by atoms with E-state index in [4.69, 9.17) is 0 Å². The first-order valence-corrected chi connectivity index (χ1v) is 8.66. The van der Waals surface area contributed by atoms with Gasteiger partial charge in [-0.3, -0.25) is 0 Å². The van der Waals surface area contributed by atoms with Crippen molar-refractivity contribution in [1.29, 1.82) is 0 Å². The normalized spacial score (nSPS) is 21.5. The Hall–Kier alpha value is -2.36. The van der Waals surface area contributed by atoms with Gasteiger partial charge in [-0.2, -0.15) is 5.10 Å². The second kappa shape index (κ2) is 7.04. The molecule has 2 aromatic heterocycles. The van der Waals surface area contributed by atoms with Crippen LogP contribution in [0, 0.1) is 11.8 Å². The van der Waals surface area contributed by atoms with Crippen LogP contribution in [-0.2, 0) is 0 Å². The molecule has 4 heteroatoms. The third kappa shape index (κ3) is 3.28. The van der Waals surface area contributed by atoms with Crippen molar-refractivity contribution in [1.82, 2.24) is 14.8 Å². The number of rotatable bonds is 2. The van der Waals surface area contributed by atoms with E-state index in [1.807, 2.05) is 18.7 Å². The third-order valence-corrected chi connectivity index (χ3v) is 4.58. The van der Waals surface area contributed by atoms with E-state index in [1.165, 1.54) is 16.8 Å². The van der Waals surface area contributed by atoms with Gasteiger partial charge in [0.1, 0.15) is 0 Å². The van der Waals surface area contributed by atoms with Crippen LogP contribution in [-0.4, -0.2) is 21.6 Å². The molecule has 1 aliphatic heterocycles. The molecular weight excluding hydrogens is 296 g/mol. The first-order chi connectivity index (χ1) is 11.6. The number of nitrogens with one attached hydrogen (secondary N) is 1. The summed E-state index contributed by atoms with van der Waals surface area (Å²) in [4.78, 5) is 4.11. The Labute approximate surface area is 144 Å². The van der Waals surface area contributed by atoms with Crippen molar-refractivity contribution in [2.24, 2.45) is 16.9 Å². The van der Waals surface area contributed by atoms with Gasteiger partial charge >= 0.3 is 0 Å². The van der Waals surface area contributed by atoms with Gasteiger partial charge in [-0.05, 0) is 24.0 Å². The predicted octanol–water partition coefficient (Wildman–Crippen LogP) is 4.17. The van der Waals surface area contributed by atoms with Gasteiger partial charge in [0.05, 0.1) is 24.1 Å². The molecule has 126 valence electrons. The molecule has 4 rings (SSSR count). The summed E-state index contributed by atoms with van der Waals surface area (Å²) < 4.78 is 2.13. The van der Waals surface area contributed by atoms with Gasteiger partial charge < -0.3 is 9.83 Å². The van der Waals surface area contributed by atoms with Crippen LogP contribution >= 0.6 is 0 Å². The number of hydrogen-bond acceptors (Lipinski definition) is 3. The number of imidazole rings is 1. The summed E-state index contributed by atoms with van der Waals surface area (Å²) in [5.74, 6) is 1.66. The second-order valence-electron chi connectivity index (χ2n) is 6.96. The van der Waals surface area contributed by atoms with Gasteiger partial charge in [0, 0.05) is 17.8 Å². The molecule has 0 saturated carbocycles. The number of aromatic nitrogens is 2. The van der Waals surface area contributed by atoms with E-state index in [2.05, 4.69) is 84.0 Å². The fraction of sp³-hybridized carbons (Fsp3) is 0.400. The van der Waals surface area contributed by atoms with Crippen molar-refractivity contribution in [3.8, 4) is 0 Å². The zero-order valence-corrected chi connectivity index (χ0v) is 14.8. The molecule has 0 saturated heterocycles. The first kappa shape index (κ1) is 16.5. The van der Waals surface area contributed by atoms with Crippen LogP contribution in [0.15, 0.2) is 59.6 Å². The number of fused-ring (bicyclic) bond motifs is 2. The van der Waals surface area contributed by atoms with Gasteiger partial charge in [-0.25, -0.2) is 4.98 Å². The van der Waals surface area contributed by atoms with Crippen molar-refractivity contribution in [2.45, 2.75) is 39.7 Å². The molecule has 0 radical (unpaired) electrons. The van der Waals surface area contributed by atoms with E-state index in [0.717, 1.165) is 0 Å². The number of nitrogens with zero attached hydrogens (tertiary/aromatic N) is 3. The summed E-state index contributed by atoms with van der Waals surface area (Å²) in [6.07, 6.45) is 12.3. The molecule has 0 fully saturated rings. The van der Waals surface area contributed by atoms with Gasteiger partial charge in [0.25, 0.3) is 0 Å². The van der Waals surface area contributed by atoms with Crippen LogP contribution < -0.4 is 5.43 Å². The highest BCUT2D eigenvalue weighted by Gasteiger charge is 2.28. The summed E-state index contributed by atoms with van der Waals surface area (Å²) in [6.45, 7) is 8.84. The van der Waals surface area contributed by atoms with Crippen LogP contribution in [0.5, 0.6) is 0 Å². The maximum Gasteiger partial charge on any atom is 0.0994 e. The Morgan fingerprint density at radius 2 is 1.96 bits per heavy atom. The summed E-state index contributed by atoms with van der Waals surface area (Å²) in [6, 6.07) is 6.69. The highest BCUT2D eigenvalue weighted by molar-refractivity contribution is 5.70. The van der Waals surface area contributed by atoms with Crippen molar-refractivity contribution >= 4 is 11.7 Å². The molecule has 2 aromatic rings. The third-order valence-electron chi connectivity index (χ3n) is 4.58. The molecule has 0 spiro atoms. The van der Waals surface area contributed by atoms with Gasteiger partial charge in [0.15, 0.2) is 0 Å². The monoisotopic (exact) mass is 322 g/mol. The van der Waals surface area contributed by atoms with E-state index in [0.29, 0.717) is 23.8 Å². The molecule has 0 bridgehead atoms. The SMILES string of the molecule is CC(C)C1=CC=CC2NN=CC12.CC(C)c1cccc2cncn12. The number of allylic oxidation sites excluding steroid dienone is 2. The Morgan fingerprint density at radius 3 is 2.71 bits per heavy atom. The predicted molar refractivity (Wildman–Crippen MR) is 100 cm³/mol. The molecule has 0 aromatic carbocycles. The molecule has 2 aliphatic rings. The first-order valence-electron chi connectivity index (χ1n) is 8.66. The summed E-state index contributed by atoms with van der Waals surface area (Å²) in [7, 11) is 0. The summed E-state index contributed by atoms with van der Waals surface area (Å²) in [5, 5.41) is 4.09. The van der Waals surface area contributed by atoms with Crippen molar-refractivity contribution in [3.05, 3.63) is 60.2 Å². The summed E-state index contributed by atoms with van der Waals surface area (Å²) >= 11 is 0. The van der Waals surface area contributed by atoms with Crippen LogP contribution in [0.4, 0.5) is 0 Å². The highest BCUT2D eigenvalue weighted by Crippen LogP contribution is 2.27. The van der Waals surface area contributed by atoms with Crippen molar-refractivity contribution in [2.75, 3.05) is 0 Å². The van der Waals surface area contributed by atoms with Crippen molar-refractivity contribution in [3.63, 3.8) is 0 Å². The summed E-state index contributed by atoms with van der Waals surface area (Å²) in [5.41, 5.74) is 7.05. The zero-order valence-electron chi connectivity index (χ0n) is 14.8. The Balaban J connectivity index is 0.000000141. The van der Waals surface area contributed by atoms with Gasteiger partial charge in [-0.1, -0.05) is 57.6 Å². The smallest absolute Gasteiger partial charge is 0.0994 e. The Kier molecular flexibility index (Phi) is 4.84. The van der Waals surface area contributed by atoms with E-state index < -0.39 is 0 Å². The molecule has 1 N–H and O–H groups in total. The quantitative estimate of drug-likeness (QED) is 0.901. The van der Waals surface area contributed by atoms with E-state index in [9.17, 15) is 0 Å². The van der Waals surface area contributed by atoms with Crippen LogP contribution in [0.3, 0.4) is 0 Å². The molecular formula is C20H26N4. The Morgan fingerprint density at radius 1 is 1.12 bits per heavy atom. The van der Waals surface area contributed by atoms with E-state index in [1.54, 1.807) is 0 Å². The molecule has 0 amide bonds. The minimum absolute atomic E-state index is 0.410. The average Bonchev–Trinajstić information content (AvgIpc) is 3.23. The maximum absolute atomic E-state index is 4.11. The minimum Gasteiger partial charge on any atom is -0.303 e. The lowest BCUT2D eigenvalue weighted by atomic mass is 9.83.